The van der Waals surface area contributed by atoms with Gasteiger partial charge in [-0.1, -0.05) is 12.1 Å². The van der Waals surface area contributed by atoms with E-state index < -0.39 is 5.97 Å². The summed E-state index contributed by atoms with van der Waals surface area (Å²) in [5, 5.41) is 14.3. The number of amides is 2. The first-order chi connectivity index (χ1) is 10.1. The number of hydrogen-bond donors (Lipinski definition) is 3. The first kappa shape index (κ1) is 15.4. The Kier molecular flexibility index (Phi) is 5.20. The quantitative estimate of drug-likeness (QED) is 0.780. The van der Waals surface area contributed by atoms with Gasteiger partial charge in [-0.3, -0.25) is 4.79 Å². The normalized spacial score (nSPS) is 14.9. The van der Waals surface area contributed by atoms with E-state index in [1.54, 1.807) is 0 Å². The molecule has 0 radical (unpaired) electrons. The molecule has 1 aliphatic rings. The lowest BCUT2D eigenvalue weighted by molar-refractivity contribution is -0.137. The first-order valence-electron chi connectivity index (χ1n) is 7.46. The minimum absolute atomic E-state index is 0.0577. The second kappa shape index (κ2) is 7.11. The van der Waals surface area contributed by atoms with Gasteiger partial charge in [-0.05, 0) is 56.2 Å². The molecular weight excluding hydrogens is 268 g/mol. The van der Waals surface area contributed by atoms with E-state index in [0.29, 0.717) is 6.42 Å². The van der Waals surface area contributed by atoms with Crippen molar-refractivity contribution in [2.75, 3.05) is 5.32 Å². The molecule has 1 unspecified atom stereocenters. The molecule has 0 saturated carbocycles. The van der Waals surface area contributed by atoms with Gasteiger partial charge in [0.25, 0.3) is 0 Å². The van der Waals surface area contributed by atoms with Crippen molar-refractivity contribution >= 4 is 17.7 Å². The molecule has 3 N–H and O–H groups in total. The molecule has 0 spiro atoms. The molecule has 0 heterocycles. The summed E-state index contributed by atoms with van der Waals surface area (Å²) < 4.78 is 0. The van der Waals surface area contributed by atoms with Gasteiger partial charge in [0.2, 0.25) is 0 Å². The zero-order valence-electron chi connectivity index (χ0n) is 12.3. The van der Waals surface area contributed by atoms with E-state index in [1.165, 1.54) is 17.5 Å². The van der Waals surface area contributed by atoms with Crippen LogP contribution in [0, 0.1) is 0 Å². The number of benzene rings is 1. The summed E-state index contributed by atoms with van der Waals surface area (Å²) >= 11 is 0. The van der Waals surface area contributed by atoms with Gasteiger partial charge in [-0.15, -0.1) is 0 Å². The minimum Gasteiger partial charge on any atom is -0.481 e. The van der Waals surface area contributed by atoms with Crippen LogP contribution >= 0.6 is 0 Å². The van der Waals surface area contributed by atoms with Crippen molar-refractivity contribution in [2.45, 2.75) is 51.5 Å². The highest BCUT2D eigenvalue weighted by molar-refractivity contribution is 5.90. The topological polar surface area (TPSA) is 78.4 Å². The first-order valence-corrected chi connectivity index (χ1v) is 7.46. The molecule has 114 valence electrons. The van der Waals surface area contributed by atoms with E-state index in [-0.39, 0.29) is 18.5 Å². The summed E-state index contributed by atoms with van der Waals surface area (Å²) in [6.07, 6.45) is 4.91. The van der Waals surface area contributed by atoms with Crippen LogP contribution in [0.1, 0.15) is 43.7 Å². The lowest BCUT2D eigenvalue weighted by Crippen LogP contribution is -2.36. The van der Waals surface area contributed by atoms with Crippen molar-refractivity contribution in [2.24, 2.45) is 0 Å². The van der Waals surface area contributed by atoms with Crippen LogP contribution in [0.2, 0.25) is 0 Å². The summed E-state index contributed by atoms with van der Waals surface area (Å²) in [5.74, 6) is -0.846. The Morgan fingerprint density at radius 3 is 2.81 bits per heavy atom. The molecule has 1 aromatic rings. The van der Waals surface area contributed by atoms with E-state index in [9.17, 15) is 9.59 Å². The van der Waals surface area contributed by atoms with E-state index in [4.69, 9.17) is 5.11 Å². The van der Waals surface area contributed by atoms with Crippen molar-refractivity contribution in [3.8, 4) is 0 Å². The standard InChI is InChI=1S/C16H22N2O3/c1-11(9-10-15(19)20)17-16(21)18-14-8-4-6-12-5-2-3-7-13(12)14/h4,6,8,11H,2-3,5,7,9-10H2,1H3,(H,19,20)(H2,17,18,21). The number of anilines is 1. The number of nitrogens with one attached hydrogen (secondary N) is 2. The van der Waals surface area contributed by atoms with Crippen molar-refractivity contribution in [1.29, 1.82) is 0 Å². The highest BCUT2D eigenvalue weighted by Crippen LogP contribution is 2.27. The Labute approximate surface area is 124 Å². The molecule has 21 heavy (non-hydrogen) atoms. The highest BCUT2D eigenvalue weighted by Gasteiger charge is 2.15. The maximum atomic E-state index is 12.0. The van der Waals surface area contributed by atoms with Crippen molar-refractivity contribution < 1.29 is 14.7 Å². The van der Waals surface area contributed by atoms with Gasteiger partial charge in [-0.25, -0.2) is 4.79 Å². The van der Waals surface area contributed by atoms with Crippen LogP contribution in [0.5, 0.6) is 0 Å². The van der Waals surface area contributed by atoms with Gasteiger partial charge in [0.15, 0.2) is 0 Å². The molecule has 5 nitrogen and oxygen atoms in total. The predicted octanol–water partition coefficient (Wildman–Crippen LogP) is 2.94. The van der Waals surface area contributed by atoms with Crippen molar-refractivity contribution in [3.05, 3.63) is 29.3 Å². The van der Waals surface area contributed by atoms with Crippen LogP contribution in [0.3, 0.4) is 0 Å². The van der Waals surface area contributed by atoms with E-state index in [1.807, 2.05) is 19.1 Å². The SMILES string of the molecule is CC(CCC(=O)O)NC(=O)Nc1cccc2c1CCCC2. The molecule has 1 atom stereocenters. The summed E-state index contributed by atoms with van der Waals surface area (Å²) in [7, 11) is 0. The zero-order chi connectivity index (χ0) is 15.2. The van der Waals surface area contributed by atoms with Crippen LogP contribution in [-0.4, -0.2) is 23.1 Å². The fourth-order valence-electron chi connectivity index (χ4n) is 2.69. The number of carbonyl (C=O) groups excluding carboxylic acids is 1. The molecule has 0 saturated heterocycles. The Morgan fingerprint density at radius 1 is 1.29 bits per heavy atom. The van der Waals surface area contributed by atoms with E-state index in [0.717, 1.165) is 24.9 Å². The minimum atomic E-state index is -0.846. The third kappa shape index (κ3) is 4.48. The molecule has 0 aromatic heterocycles. The molecule has 0 aliphatic heterocycles. The number of carboxylic acids is 1. The third-order valence-electron chi connectivity index (χ3n) is 3.81. The highest BCUT2D eigenvalue weighted by atomic mass is 16.4. The summed E-state index contributed by atoms with van der Waals surface area (Å²) in [6.45, 7) is 1.81. The zero-order valence-corrected chi connectivity index (χ0v) is 12.3. The molecule has 1 aliphatic carbocycles. The fourth-order valence-corrected chi connectivity index (χ4v) is 2.69. The smallest absolute Gasteiger partial charge is 0.319 e. The Balaban J connectivity index is 1.92. The molecule has 2 rings (SSSR count). The second-order valence-corrected chi connectivity index (χ2v) is 5.58. The number of hydrogen-bond acceptors (Lipinski definition) is 2. The van der Waals surface area contributed by atoms with Crippen LogP contribution in [0.4, 0.5) is 10.5 Å². The lowest BCUT2D eigenvalue weighted by Gasteiger charge is -2.20. The number of carbonyl (C=O) groups is 2. The number of carboxylic acid groups (broad SMARTS) is 1. The second-order valence-electron chi connectivity index (χ2n) is 5.58. The van der Waals surface area contributed by atoms with Gasteiger partial charge in [-0.2, -0.15) is 0 Å². The maximum absolute atomic E-state index is 12.0. The number of fused-ring (bicyclic) bond motifs is 1. The van der Waals surface area contributed by atoms with Gasteiger partial charge in [0, 0.05) is 18.2 Å². The van der Waals surface area contributed by atoms with Crippen LogP contribution in [-0.2, 0) is 17.6 Å². The molecular formula is C16H22N2O3. The Morgan fingerprint density at radius 2 is 2.05 bits per heavy atom. The molecule has 0 fully saturated rings. The monoisotopic (exact) mass is 290 g/mol. The number of rotatable bonds is 5. The summed E-state index contributed by atoms with van der Waals surface area (Å²) in [6, 6.07) is 5.57. The average Bonchev–Trinajstić information content (AvgIpc) is 2.45. The lowest BCUT2D eigenvalue weighted by atomic mass is 9.90. The van der Waals surface area contributed by atoms with Crippen molar-refractivity contribution in [3.63, 3.8) is 0 Å². The predicted molar refractivity (Wildman–Crippen MR) is 81.6 cm³/mol. The molecule has 0 bridgehead atoms. The Bertz CT molecular complexity index is 528. The third-order valence-corrected chi connectivity index (χ3v) is 3.81. The fraction of sp³-hybridized carbons (Fsp3) is 0.500. The van der Waals surface area contributed by atoms with Gasteiger partial charge in [0.05, 0.1) is 0 Å². The van der Waals surface area contributed by atoms with Crippen LogP contribution in [0.15, 0.2) is 18.2 Å². The molecule has 1 aromatic carbocycles. The van der Waals surface area contributed by atoms with E-state index >= 15 is 0 Å². The van der Waals surface area contributed by atoms with Gasteiger partial charge < -0.3 is 15.7 Å². The number of aryl methyl sites for hydroxylation is 1. The summed E-state index contributed by atoms with van der Waals surface area (Å²) in [5.41, 5.74) is 3.42. The number of urea groups is 1. The molecule has 2 amide bonds. The van der Waals surface area contributed by atoms with Crippen LogP contribution < -0.4 is 10.6 Å². The summed E-state index contributed by atoms with van der Waals surface area (Å²) in [4.78, 5) is 22.5. The maximum Gasteiger partial charge on any atom is 0.319 e. The average molecular weight is 290 g/mol. The van der Waals surface area contributed by atoms with Gasteiger partial charge >= 0.3 is 12.0 Å². The van der Waals surface area contributed by atoms with Gasteiger partial charge in [0.1, 0.15) is 0 Å². The largest absolute Gasteiger partial charge is 0.481 e. The van der Waals surface area contributed by atoms with Crippen LogP contribution in [0.25, 0.3) is 0 Å². The van der Waals surface area contributed by atoms with E-state index in [2.05, 4.69) is 16.7 Å². The molecule has 5 heteroatoms. The number of aliphatic carboxylic acids is 1. The Hall–Kier alpha value is -2.04. The van der Waals surface area contributed by atoms with Crippen molar-refractivity contribution in [1.82, 2.24) is 5.32 Å².